The third-order valence-corrected chi connectivity index (χ3v) is 3.02. The van der Waals surface area contributed by atoms with Gasteiger partial charge in [-0.1, -0.05) is 0 Å². The van der Waals surface area contributed by atoms with Crippen molar-refractivity contribution >= 4 is 5.97 Å². The number of carboxylic acid groups (broad SMARTS) is 1. The van der Waals surface area contributed by atoms with Crippen LogP contribution in [0, 0.1) is 0 Å². The first-order valence-corrected chi connectivity index (χ1v) is 6.58. The molecule has 1 N–H and O–H groups in total. The highest BCUT2D eigenvalue weighted by Crippen LogP contribution is 2.26. The number of nitrogens with zero attached hydrogens (tertiary/aromatic N) is 1. The lowest BCUT2D eigenvalue weighted by molar-refractivity contribution is 0.0527. The van der Waals surface area contributed by atoms with E-state index in [2.05, 4.69) is 4.98 Å². The van der Waals surface area contributed by atoms with Gasteiger partial charge in [-0.05, 0) is 44.7 Å². The summed E-state index contributed by atoms with van der Waals surface area (Å²) in [5.41, 5.74) is 2.14. The van der Waals surface area contributed by atoms with Crippen LogP contribution in [0.5, 0.6) is 5.88 Å². The van der Waals surface area contributed by atoms with Gasteiger partial charge in [0, 0.05) is 5.69 Å². The Bertz CT molecular complexity index is 471. The lowest BCUT2D eigenvalue weighted by Crippen LogP contribution is -2.14. The SMILES string of the molecule is CC(C)OCCOc1nc2c(cc1C(=O)O)CCC2. The standard InChI is InChI=1S/C14H19NO4/c1-9(2)18-6-7-19-13-11(14(16)17)8-10-4-3-5-12(10)15-13/h8-9H,3-7H2,1-2H3,(H,16,17). The number of aryl methyl sites for hydroxylation is 2. The van der Waals surface area contributed by atoms with Gasteiger partial charge < -0.3 is 14.6 Å². The first-order valence-electron chi connectivity index (χ1n) is 6.58. The first-order chi connectivity index (χ1) is 9.08. The van der Waals surface area contributed by atoms with Crippen LogP contribution in [0.4, 0.5) is 0 Å². The van der Waals surface area contributed by atoms with E-state index >= 15 is 0 Å². The zero-order chi connectivity index (χ0) is 13.8. The van der Waals surface area contributed by atoms with Crippen molar-refractivity contribution in [1.82, 2.24) is 4.98 Å². The van der Waals surface area contributed by atoms with E-state index in [0.29, 0.717) is 13.2 Å². The molecular formula is C14H19NO4. The second-order valence-electron chi connectivity index (χ2n) is 4.87. The van der Waals surface area contributed by atoms with Crippen LogP contribution >= 0.6 is 0 Å². The van der Waals surface area contributed by atoms with Crippen LogP contribution in [-0.4, -0.2) is 35.4 Å². The van der Waals surface area contributed by atoms with Gasteiger partial charge in [-0.25, -0.2) is 9.78 Å². The molecule has 0 fully saturated rings. The van der Waals surface area contributed by atoms with Crippen LogP contribution in [0.25, 0.3) is 0 Å². The monoisotopic (exact) mass is 265 g/mol. The highest BCUT2D eigenvalue weighted by atomic mass is 16.5. The smallest absolute Gasteiger partial charge is 0.341 e. The molecule has 0 unspecified atom stereocenters. The second-order valence-corrected chi connectivity index (χ2v) is 4.87. The number of hydrogen-bond donors (Lipinski definition) is 1. The quantitative estimate of drug-likeness (QED) is 0.797. The van der Waals surface area contributed by atoms with Crippen LogP contribution in [-0.2, 0) is 17.6 Å². The van der Waals surface area contributed by atoms with Crippen molar-refractivity contribution in [3.63, 3.8) is 0 Å². The molecule has 1 aliphatic carbocycles. The van der Waals surface area contributed by atoms with E-state index in [0.717, 1.165) is 30.5 Å². The summed E-state index contributed by atoms with van der Waals surface area (Å²) < 4.78 is 10.8. The zero-order valence-electron chi connectivity index (χ0n) is 11.3. The molecule has 0 amide bonds. The highest BCUT2D eigenvalue weighted by molar-refractivity contribution is 5.90. The Morgan fingerprint density at radius 2 is 2.21 bits per heavy atom. The van der Waals surface area contributed by atoms with Gasteiger partial charge in [0.2, 0.25) is 5.88 Å². The molecule has 2 rings (SSSR count). The Morgan fingerprint density at radius 1 is 1.42 bits per heavy atom. The Balaban J connectivity index is 2.08. The van der Waals surface area contributed by atoms with Gasteiger partial charge in [-0.3, -0.25) is 0 Å². The predicted octanol–water partition coefficient (Wildman–Crippen LogP) is 2.07. The number of aromatic carboxylic acids is 1. The van der Waals surface area contributed by atoms with E-state index in [1.807, 2.05) is 13.8 Å². The molecule has 0 atom stereocenters. The first kappa shape index (κ1) is 13.8. The Morgan fingerprint density at radius 3 is 2.89 bits per heavy atom. The normalized spacial score (nSPS) is 13.6. The molecule has 1 aromatic rings. The van der Waals surface area contributed by atoms with Crippen LogP contribution in [0.15, 0.2) is 6.07 Å². The van der Waals surface area contributed by atoms with Gasteiger partial charge in [0.25, 0.3) is 0 Å². The maximum atomic E-state index is 11.2. The fraction of sp³-hybridized carbons (Fsp3) is 0.571. The molecule has 19 heavy (non-hydrogen) atoms. The van der Waals surface area contributed by atoms with Crippen LogP contribution in [0.1, 0.15) is 41.9 Å². The number of pyridine rings is 1. The van der Waals surface area contributed by atoms with Crippen molar-refractivity contribution in [3.05, 3.63) is 22.9 Å². The molecule has 0 aromatic carbocycles. The molecule has 0 spiro atoms. The van der Waals surface area contributed by atoms with Crippen molar-refractivity contribution in [2.45, 2.75) is 39.2 Å². The lowest BCUT2D eigenvalue weighted by Gasteiger charge is -2.11. The molecule has 0 aliphatic heterocycles. The summed E-state index contributed by atoms with van der Waals surface area (Å²) in [6.45, 7) is 4.62. The van der Waals surface area contributed by atoms with Gasteiger partial charge >= 0.3 is 5.97 Å². The number of carboxylic acids is 1. The molecule has 1 aromatic heterocycles. The molecule has 104 valence electrons. The van der Waals surface area contributed by atoms with Crippen molar-refractivity contribution < 1.29 is 19.4 Å². The van der Waals surface area contributed by atoms with Gasteiger partial charge in [-0.2, -0.15) is 0 Å². The van der Waals surface area contributed by atoms with E-state index in [9.17, 15) is 9.90 Å². The van der Waals surface area contributed by atoms with E-state index in [4.69, 9.17) is 9.47 Å². The van der Waals surface area contributed by atoms with E-state index < -0.39 is 5.97 Å². The van der Waals surface area contributed by atoms with Crippen LogP contribution in [0.2, 0.25) is 0 Å². The number of rotatable bonds is 6. The Hall–Kier alpha value is -1.62. The summed E-state index contributed by atoms with van der Waals surface area (Å²) >= 11 is 0. The molecule has 0 saturated carbocycles. The third kappa shape index (κ3) is 3.44. The second kappa shape index (κ2) is 6.02. The summed E-state index contributed by atoms with van der Waals surface area (Å²) in [7, 11) is 0. The molecule has 0 radical (unpaired) electrons. The molecule has 0 saturated heterocycles. The van der Waals surface area contributed by atoms with Gasteiger partial charge in [0.1, 0.15) is 12.2 Å². The number of fused-ring (bicyclic) bond motifs is 1. The fourth-order valence-corrected chi connectivity index (χ4v) is 2.14. The zero-order valence-corrected chi connectivity index (χ0v) is 11.3. The molecular weight excluding hydrogens is 246 g/mol. The average Bonchev–Trinajstić information content (AvgIpc) is 2.80. The summed E-state index contributed by atoms with van der Waals surface area (Å²) in [5, 5.41) is 9.19. The highest BCUT2D eigenvalue weighted by Gasteiger charge is 2.20. The van der Waals surface area contributed by atoms with Crippen molar-refractivity contribution in [1.29, 1.82) is 0 Å². The summed E-state index contributed by atoms with van der Waals surface area (Å²) in [4.78, 5) is 15.5. The minimum absolute atomic E-state index is 0.135. The molecule has 5 nitrogen and oxygen atoms in total. The summed E-state index contributed by atoms with van der Waals surface area (Å²) in [6.07, 6.45) is 2.96. The van der Waals surface area contributed by atoms with E-state index in [-0.39, 0.29) is 17.5 Å². The Labute approximate surface area is 112 Å². The van der Waals surface area contributed by atoms with Crippen LogP contribution < -0.4 is 4.74 Å². The average molecular weight is 265 g/mol. The number of hydrogen-bond acceptors (Lipinski definition) is 4. The van der Waals surface area contributed by atoms with E-state index in [1.54, 1.807) is 6.07 Å². The predicted molar refractivity (Wildman–Crippen MR) is 69.8 cm³/mol. The van der Waals surface area contributed by atoms with Gasteiger partial charge in [0.05, 0.1) is 12.7 Å². The number of aromatic nitrogens is 1. The minimum Gasteiger partial charge on any atom is -0.477 e. The maximum absolute atomic E-state index is 11.2. The maximum Gasteiger partial charge on any atom is 0.341 e. The fourth-order valence-electron chi connectivity index (χ4n) is 2.14. The van der Waals surface area contributed by atoms with Crippen molar-refractivity contribution in [3.8, 4) is 5.88 Å². The summed E-state index contributed by atoms with van der Waals surface area (Å²) in [6, 6.07) is 1.69. The third-order valence-electron chi connectivity index (χ3n) is 3.02. The van der Waals surface area contributed by atoms with Crippen molar-refractivity contribution in [2.24, 2.45) is 0 Å². The largest absolute Gasteiger partial charge is 0.477 e. The molecule has 5 heteroatoms. The summed E-state index contributed by atoms with van der Waals surface area (Å²) in [5.74, 6) is -0.789. The topological polar surface area (TPSA) is 68.7 Å². The molecule has 0 bridgehead atoms. The van der Waals surface area contributed by atoms with Crippen LogP contribution in [0.3, 0.4) is 0 Å². The van der Waals surface area contributed by atoms with Gasteiger partial charge in [0.15, 0.2) is 0 Å². The minimum atomic E-state index is -0.998. The van der Waals surface area contributed by atoms with E-state index in [1.165, 1.54) is 0 Å². The molecule has 1 heterocycles. The Kier molecular flexibility index (Phi) is 4.37. The number of ether oxygens (including phenoxy) is 2. The lowest BCUT2D eigenvalue weighted by atomic mass is 10.1. The number of carbonyl (C=O) groups is 1. The van der Waals surface area contributed by atoms with Gasteiger partial charge in [-0.15, -0.1) is 0 Å². The van der Waals surface area contributed by atoms with Crippen molar-refractivity contribution in [2.75, 3.05) is 13.2 Å². The molecule has 1 aliphatic rings.